The number of carbonyl (C=O) groups is 1. The van der Waals surface area contributed by atoms with E-state index >= 15 is 0 Å². The van der Waals surface area contributed by atoms with Gasteiger partial charge in [-0.3, -0.25) is 4.79 Å². The number of nitrogens with one attached hydrogen (secondary N) is 1. The molecule has 1 amide bonds. The van der Waals surface area contributed by atoms with Crippen LogP contribution < -0.4 is 11.1 Å². The monoisotopic (exact) mass is 442 g/mol. The van der Waals surface area contributed by atoms with Crippen LogP contribution in [0.3, 0.4) is 0 Å². The van der Waals surface area contributed by atoms with E-state index in [0.29, 0.717) is 16.7 Å². The van der Waals surface area contributed by atoms with E-state index in [-0.39, 0.29) is 11.7 Å². The van der Waals surface area contributed by atoms with E-state index in [9.17, 15) is 4.79 Å². The number of thioether (sulfide) groups is 2. The van der Waals surface area contributed by atoms with Gasteiger partial charge in [-0.25, -0.2) is 4.98 Å². The molecule has 7 nitrogen and oxygen atoms in total. The molecule has 0 saturated heterocycles. The van der Waals surface area contributed by atoms with Gasteiger partial charge in [0.25, 0.3) is 0 Å². The zero-order valence-electron chi connectivity index (χ0n) is 15.7. The van der Waals surface area contributed by atoms with Gasteiger partial charge in [-0.2, -0.15) is 0 Å². The number of thiazole rings is 1. The summed E-state index contributed by atoms with van der Waals surface area (Å²) < 4.78 is 3.93. The van der Waals surface area contributed by atoms with Crippen LogP contribution in [0, 0.1) is 0 Å². The van der Waals surface area contributed by atoms with Crippen molar-refractivity contribution in [1.82, 2.24) is 19.7 Å². The molecule has 4 rings (SSSR count). The molecule has 0 unspecified atom stereocenters. The Morgan fingerprint density at radius 3 is 2.90 bits per heavy atom. The highest BCUT2D eigenvalue weighted by molar-refractivity contribution is 8.00. The zero-order valence-corrected chi connectivity index (χ0v) is 18.2. The molecule has 0 atom stereocenters. The highest BCUT2D eigenvalue weighted by Crippen LogP contribution is 2.30. The van der Waals surface area contributed by atoms with Crippen LogP contribution in [0.5, 0.6) is 0 Å². The molecule has 0 spiro atoms. The van der Waals surface area contributed by atoms with Crippen LogP contribution in [0.1, 0.15) is 0 Å². The van der Waals surface area contributed by atoms with E-state index in [1.165, 1.54) is 11.8 Å². The molecule has 2 aromatic carbocycles. The Balaban J connectivity index is 1.41. The maximum atomic E-state index is 12.4. The van der Waals surface area contributed by atoms with Crippen LogP contribution in [0.4, 0.5) is 11.4 Å². The molecule has 2 heterocycles. The number of hydrogen-bond acceptors (Lipinski definition) is 8. The Bertz CT molecular complexity index is 1190. The van der Waals surface area contributed by atoms with Gasteiger partial charge in [-0.05, 0) is 36.6 Å². The number of fused-ring (bicyclic) bond motifs is 1. The third-order valence-electron chi connectivity index (χ3n) is 4.14. The van der Waals surface area contributed by atoms with E-state index in [2.05, 4.69) is 20.5 Å². The Morgan fingerprint density at radius 2 is 2.10 bits per heavy atom. The highest BCUT2D eigenvalue weighted by Gasteiger charge is 2.13. The number of benzene rings is 2. The SMILES string of the molecule is CSc1nc2ccc(NC(=O)CSc3nnc(-c4cccc(N)c4)n3C)cc2s1. The number of nitrogens with zero attached hydrogens (tertiary/aromatic N) is 4. The fourth-order valence-electron chi connectivity index (χ4n) is 2.77. The average molecular weight is 443 g/mol. The van der Waals surface area contributed by atoms with E-state index in [1.807, 2.05) is 60.3 Å². The molecule has 4 aromatic rings. The molecule has 0 radical (unpaired) electrons. The number of hydrogen-bond donors (Lipinski definition) is 2. The fraction of sp³-hybridized carbons (Fsp3) is 0.158. The molecule has 3 N–H and O–H groups in total. The van der Waals surface area contributed by atoms with E-state index in [0.717, 1.165) is 25.8 Å². The second-order valence-corrected chi connectivity index (χ2v) is 9.22. The first-order chi connectivity index (χ1) is 14.0. The van der Waals surface area contributed by atoms with E-state index in [4.69, 9.17) is 5.73 Å². The van der Waals surface area contributed by atoms with E-state index < -0.39 is 0 Å². The van der Waals surface area contributed by atoms with Crippen LogP contribution in [-0.4, -0.2) is 37.7 Å². The lowest BCUT2D eigenvalue weighted by Gasteiger charge is -2.06. The lowest BCUT2D eigenvalue weighted by atomic mass is 10.2. The minimum absolute atomic E-state index is 0.0996. The number of aromatic nitrogens is 4. The highest BCUT2D eigenvalue weighted by atomic mass is 32.2. The Kier molecular flexibility index (Phi) is 5.74. The summed E-state index contributed by atoms with van der Waals surface area (Å²) in [5.41, 5.74) is 9.11. The Labute approximate surface area is 180 Å². The summed E-state index contributed by atoms with van der Waals surface area (Å²) in [4.78, 5) is 16.9. The fourth-order valence-corrected chi connectivity index (χ4v) is 5.01. The van der Waals surface area contributed by atoms with Crippen molar-refractivity contribution < 1.29 is 4.79 Å². The summed E-state index contributed by atoms with van der Waals surface area (Å²) in [6.07, 6.45) is 2.00. The van der Waals surface area contributed by atoms with Gasteiger partial charge in [-0.1, -0.05) is 35.7 Å². The molecule has 0 saturated carbocycles. The number of nitrogen functional groups attached to an aromatic ring is 1. The first-order valence-electron chi connectivity index (χ1n) is 8.66. The van der Waals surface area contributed by atoms with Gasteiger partial charge < -0.3 is 15.6 Å². The minimum atomic E-state index is -0.0996. The number of amides is 1. The van der Waals surface area contributed by atoms with Crippen LogP contribution in [0.15, 0.2) is 52.0 Å². The summed E-state index contributed by atoms with van der Waals surface area (Å²) in [6, 6.07) is 13.2. The molecule has 29 heavy (non-hydrogen) atoms. The lowest BCUT2D eigenvalue weighted by Crippen LogP contribution is -2.14. The number of rotatable bonds is 6. The van der Waals surface area contributed by atoms with Crippen LogP contribution in [-0.2, 0) is 11.8 Å². The normalized spacial score (nSPS) is 11.1. The molecule has 0 bridgehead atoms. The van der Waals surface area contributed by atoms with Crippen molar-refractivity contribution in [2.75, 3.05) is 23.1 Å². The van der Waals surface area contributed by atoms with Crippen molar-refractivity contribution in [3.63, 3.8) is 0 Å². The second-order valence-electron chi connectivity index (χ2n) is 6.19. The largest absolute Gasteiger partial charge is 0.399 e. The van der Waals surface area contributed by atoms with Crippen LogP contribution in [0.2, 0.25) is 0 Å². The number of anilines is 2. The van der Waals surface area contributed by atoms with Gasteiger partial charge in [0.2, 0.25) is 5.91 Å². The maximum Gasteiger partial charge on any atom is 0.234 e. The molecule has 0 aliphatic rings. The van der Waals surface area contributed by atoms with Gasteiger partial charge in [-0.15, -0.1) is 21.5 Å². The van der Waals surface area contributed by atoms with Crippen LogP contribution in [0.25, 0.3) is 21.6 Å². The summed E-state index contributed by atoms with van der Waals surface area (Å²) in [6.45, 7) is 0. The smallest absolute Gasteiger partial charge is 0.234 e. The molecule has 0 fully saturated rings. The molecule has 2 aromatic heterocycles. The van der Waals surface area contributed by atoms with Crippen molar-refractivity contribution >= 4 is 62.4 Å². The van der Waals surface area contributed by atoms with Gasteiger partial charge >= 0.3 is 0 Å². The van der Waals surface area contributed by atoms with Crippen molar-refractivity contribution in [3.8, 4) is 11.4 Å². The maximum absolute atomic E-state index is 12.4. The van der Waals surface area contributed by atoms with Gasteiger partial charge in [0.05, 0.1) is 16.0 Å². The molecule has 10 heteroatoms. The molecule has 0 aliphatic carbocycles. The third-order valence-corrected chi connectivity index (χ3v) is 7.16. The zero-order chi connectivity index (χ0) is 20.4. The predicted octanol–water partition coefficient (Wildman–Crippen LogP) is 4.13. The summed E-state index contributed by atoms with van der Waals surface area (Å²) >= 11 is 4.57. The van der Waals surface area contributed by atoms with E-state index in [1.54, 1.807) is 23.1 Å². The Morgan fingerprint density at radius 1 is 1.24 bits per heavy atom. The van der Waals surface area contributed by atoms with Crippen molar-refractivity contribution in [1.29, 1.82) is 0 Å². The third kappa shape index (κ3) is 4.39. The van der Waals surface area contributed by atoms with Gasteiger partial charge in [0.1, 0.15) is 0 Å². The summed E-state index contributed by atoms with van der Waals surface area (Å²) in [5.74, 6) is 0.845. The summed E-state index contributed by atoms with van der Waals surface area (Å²) in [5, 5.41) is 12.0. The topological polar surface area (TPSA) is 98.7 Å². The number of nitrogens with two attached hydrogens (primary N) is 1. The number of carbonyl (C=O) groups excluding carboxylic acids is 1. The van der Waals surface area contributed by atoms with Crippen molar-refractivity contribution in [2.24, 2.45) is 7.05 Å². The van der Waals surface area contributed by atoms with Gasteiger partial charge in [0, 0.05) is 24.0 Å². The van der Waals surface area contributed by atoms with Crippen molar-refractivity contribution in [2.45, 2.75) is 9.50 Å². The summed E-state index contributed by atoms with van der Waals surface area (Å²) in [7, 11) is 1.87. The molecular formula is C19H18N6OS3. The standard InChI is InChI=1S/C19H18N6OS3/c1-25-17(11-4-3-5-12(20)8-11)23-24-18(25)28-10-16(26)21-13-6-7-14-15(9-13)29-19(22-14)27-2/h3-9H,10,20H2,1-2H3,(H,21,26). The molecule has 0 aliphatic heterocycles. The Hall–Kier alpha value is -2.56. The molecular weight excluding hydrogens is 424 g/mol. The first kappa shape index (κ1) is 19.7. The van der Waals surface area contributed by atoms with Crippen LogP contribution >= 0.6 is 34.9 Å². The lowest BCUT2D eigenvalue weighted by molar-refractivity contribution is -0.113. The first-order valence-corrected chi connectivity index (χ1v) is 11.7. The van der Waals surface area contributed by atoms with Gasteiger partial charge in [0.15, 0.2) is 15.3 Å². The second kappa shape index (κ2) is 8.44. The predicted molar refractivity (Wildman–Crippen MR) is 122 cm³/mol. The van der Waals surface area contributed by atoms with Crippen molar-refractivity contribution in [3.05, 3.63) is 42.5 Å². The quantitative estimate of drug-likeness (QED) is 0.342. The average Bonchev–Trinajstić information content (AvgIpc) is 3.29. The minimum Gasteiger partial charge on any atom is -0.399 e. The molecule has 148 valence electrons.